The SMILES string of the molecule is C=CC(=O)Nc1cc(-c2c(-c3cnn(C)c3)[nH]c3ncc(-c4cnn(C)c4C#N)c(C)c23)ccc1C. The first-order valence-corrected chi connectivity index (χ1v) is 11.3. The molecule has 0 aliphatic carbocycles. The Bertz CT molecular complexity index is 1710. The second-order valence-electron chi connectivity index (χ2n) is 8.66. The lowest BCUT2D eigenvalue weighted by molar-refractivity contribution is -0.111. The Labute approximate surface area is 207 Å². The second kappa shape index (κ2) is 8.67. The zero-order valence-corrected chi connectivity index (χ0v) is 20.4. The first kappa shape index (κ1) is 22.8. The average molecular weight is 477 g/mol. The predicted octanol–water partition coefficient (Wildman–Crippen LogP) is 4.64. The third kappa shape index (κ3) is 3.65. The van der Waals surface area contributed by atoms with Crippen LogP contribution in [0.3, 0.4) is 0 Å². The minimum atomic E-state index is -0.276. The molecule has 1 aromatic carbocycles. The van der Waals surface area contributed by atoms with Crippen molar-refractivity contribution in [2.75, 3.05) is 5.32 Å². The van der Waals surface area contributed by atoms with Gasteiger partial charge in [-0.15, -0.1) is 0 Å². The number of hydrogen-bond acceptors (Lipinski definition) is 5. The Balaban J connectivity index is 1.82. The van der Waals surface area contributed by atoms with Crippen molar-refractivity contribution in [2.24, 2.45) is 14.1 Å². The Morgan fingerprint density at radius 1 is 1.14 bits per heavy atom. The molecule has 0 saturated heterocycles. The average Bonchev–Trinajstić information content (AvgIpc) is 3.57. The van der Waals surface area contributed by atoms with Gasteiger partial charge < -0.3 is 10.3 Å². The standard InChI is InChI=1S/C27H24N8O/c1-6-23(36)32-21-9-17(8-7-15(21)2)25-24-16(3)19(20-13-31-35(5)22(20)10-28)12-29-27(24)33-26(25)18-11-30-34(4)14-18/h6-9,11-14H,1H2,2-5H3,(H,29,33)(H,32,36). The van der Waals surface area contributed by atoms with Crippen LogP contribution in [0.5, 0.6) is 0 Å². The van der Waals surface area contributed by atoms with Gasteiger partial charge in [-0.2, -0.15) is 15.5 Å². The maximum absolute atomic E-state index is 12.1. The molecule has 9 heteroatoms. The number of pyridine rings is 1. The summed E-state index contributed by atoms with van der Waals surface area (Å²) in [6, 6.07) is 8.19. The first-order valence-electron chi connectivity index (χ1n) is 11.3. The van der Waals surface area contributed by atoms with Crippen molar-refractivity contribution in [3.05, 3.63) is 72.5 Å². The van der Waals surface area contributed by atoms with E-state index in [2.05, 4.69) is 33.1 Å². The summed E-state index contributed by atoms with van der Waals surface area (Å²) in [5.74, 6) is -0.276. The van der Waals surface area contributed by atoms with Crippen LogP contribution in [0.2, 0.25) is 0 Å². The summed E-state index contributed by atoms with van der Waals surface area (Å²) in [6.07, 6.45) is 8.45. The van der Waals surface area contributed by atoms with Gasteiger partial charge in [0.1, 0.15) is 17.4 Å². The van der Waals surface area contributed by atoms with Crippen LogP contribution >= 0.6 is 0 Å². The van der Waals surface area contributed by atoms with Crippen LogP contribution in [0.4, 0.5) is 5.69 Å². The number of nitrogens with one attached hydrogen (secondary N) is 2. The minimum absolute atomic E-state index is 0.276. The fraction of sp³-hybridized carbons (Fsp3) is 0.148. The highest BCUT2D eigenvalue weighted by Crippen LogP contribution is 2.42. The third-order valence-corrected chi connectivity index (χ3v) is 6.38. The van der Waals surface area contributed by atoms with Gasteiger partial charge in [-0.25, -0.2) is 4.98 Å². The van der Waals surface area contributed by atoms with Gasteiger partial charge in [-0.1, -0.05) is 18.7 Å². The first-order chi connectivity index (χ1) is 17.3. The fourth-order valence-electron chi connectivity index (χ4n) is 4.50. The van der Waals surface area contributed by atoms with Crippen molar-refractivity contribution in [2.45, 2.75) is 13.8 Å². The van der Waals surface area contributed by atoms with E-state index in [0.29, 0.717) is 17.0 Å². The van der Waals surface area contributed by atoms with E-state index in [9.17, 15) is 10.1 Å². The second-order valence-corrected chi connectivity index (χ2v) is 8.66. The van der Waals surface area contributed by atoms with Crippen molar-refractivity contribution in [1.82, 2.24) is 29.5 Å². The lowest BCUT2D eigenvalue weighted by atomic mass is 9.93. The molecule has 2 N–H and O–H groups in total. The van der Waals surface area contributed by atoms with Crippen molar-refractivity contribution in [1.29, 1.82) is 5.26 Å². The zero-order valence-electron chi connectivity index (χ0n) is 20.4. The number of nitrogens with zero attached hydrogens (tertiary/aromatic N) is 6. The number of amides is 1. The van der Waals surface area contributed by atoms with Gasteiger partial charge in [0.25, 0.3) is 0 Å². The molecule has 5 rings (SSSR count). The van der Waals surface area contributed by atoms with Crippen LogP contribution in [-0.2, 0) is 18.9 Å². The molecule has 4 aromatic heterocycles. The molecule has 1 amide bonds. The number of aromatic amines is 1. The lowest BCUT2D eigenvalue weighted by Gasteiger charge is -2.12. The van der Waals surface area contributed by atoms with Gasteiger partial charge in [0, 0.05) is 59.8 Å². The van der Waals surface area contributed by atoms with Gasteiger partial charge >= 0.3 is 0 Å². The van der Waals surface area contributed by atoms with Crippen molar-refractivity contribution >= 4 is 22.6 Å². The van der Waals surface area contributed by atoms with Crippen LogP contribution in [0.1, 0.15) is 16.8 Å². The number of rotatable bonds is 5. The van der Waals surface area contributed by atoms with E-state index in [1.54, 1.807) is 35.0 Å². The van der Waals surface area contributed by atoms with E-state index in [-0.39, 0.29) is 5.91 Å². The number of anilines is 1. The summed E-state index contributed by atoms with van der Waals surface area (Å²) in [7, 11) is 3.62. The molecular formula is C27H24N8O. The number of aryl methyl sites for hydroxylation is 4. The molecule has 0 bridgehead atoms. The smallest absolute Gasteiger partial charge is 0.247 e. The molecule has 0 spiro atoms. The lowest BCUT2D eigenvalue weighted by Crippen LogP contribution is -2.08. The summed E-state index contributed by atoms with van der Waals surface area (Å²) in [6.45, 7) is 7.52. The maximum Gasteiger partial charge on any atom is 0.247 e. The Morgan fingerprint density at radius 2 is 1.94 bits per heavy atom. The summed E-state index contributed by atoms with van der Waals surface area (Å²) in [5.41, 5.74) is 8.93. The number of aromatic nitrogens is 6. The van der Waals surface area contributed by atoms with Crippen LogP contribution in [0, 0.1) is 25.2 Å². The van der Waals surface area contributed by atoms with Crippen LogP contribution < -0.4 is 5.32 Å². The summed E-state index contributed by atoms with van der Waals surface area (Å²) in [4.78, 5) is 20.3. The Hall–Kier alpha value is -4.97. The Morgan fingerprint density at radius 3 is 2.64 bits per heavy atom. The van der Waals surface area contributed by atoms with Crippen molar-refractivity contribution < 1.29 is 4.79 Å². The molecule has 9 nitrogen and oxygen atoms in total. The Kier molecular flexibility index (Phi) is 5.49. The number of benzene rings is 1. The van der Waals surface area contributed by atoms with E-state index in [1.807, 2.05) is 45.3 Å². The number of carbonyl (C=O) groups excluding carboxylic acids is 1. The predicted molar refractivity (Wildman–Crippen MR) is 139 cm³/mol. The molecule has 0 fully saturated rings. The van der Waals surface area contributed by atoms with Gasteiger partial charge in [0.05, 0.1) is 18.1 Å². The third-order valence-electron chi connectivity index (χ3n) is 6.38. The van der Waals surface area contributed by atoms with E-state index < -0.39 is 0 Å². The van der Waals surface area contributed by atoms with E-state index in [1.165, 1.54) is 6.08 Å². The quantitative estimate of drug-likeness (QED) is 0.358. The van der Waals surface area contributed by atoms with E-state index in [4.69, 9.17) is 4.98 Å². The van der Waals surface area contributed by atoms with Crippen molar-refractivity contribution in [3.63, 3.8) is 0 Å². The van der Waals surface area contributed by atoms with Crippen LogP contribution in [-0.4, -0.2) is 35.4 Å². The molecular weight excluding hydrogens is 452 g/mol. The van der Waals surface area contributed by atoms with Crippen LogP contribution in [0.25, 0.3) is 44.5 Å². The fourth-order valence-corrected chi connectivity index (χ4v) is 4.50. The summed E-state index contributed by atoms with van der Waals surface area (Å²) < 4.78 is 3.31. The highest BCUT2D eigenvalue weighted by molar-refractivity contribution is 6.07. The van der Waals surface area contributed by atoms with Gasteiger partial charge in [-0.05, 0) is 42.7 Å². The molecule has 4 heterocycles. The number of fused-ring (bicyclic) bond motifs is 1. The van der Waals surface area contributed by atoms with Gasteiger partial charge in [-0.3, -0.25) is 14.2 Å². The molecule has 178 valence electrons. The van der Waals surface area contributed by atoms with Gasteiger partial charge in [0.2, 0.25) is 5.91 Å². The van der Waals surface area contributed by atoms with Gasteiger partial charge in [0.15, 0.2) is 0 Å². The van der Waals surface area contributed by atoms with Crippen molar-refractivity contribution in [3.8, 4) is 39.6 Å². The molecule has 0 radical (unpaired) electrons. The topological polar surface area (TPSA) is 117 Å². The largest absolute Gasteiger partial charge is 0.339 e. The highest BCUT2D eigenvalue weighted by atomic mass is 16.1. The number of hydrogen-bond donors (Lipinski definition) is 2. The molecule has 0 aliphatic rings. The molecule has 0 atom stereocenters. The number of H-pyrrole nitrogens is 1. The van der Waals surface area contributed by atoms with E-state index in [0.717, 1.165) is 50.0 Å². The molecule has 0 saturated carbocycles. The number of carbonyl (C=O) groups is 1. The summed E-state index contributed by atoms with van der Waals surface area (Å²) >= 11 is 0. The molecule has 0 unspecified atom stereocenters. The molecule has 5 aromatic rings. The minimum Gasteiger partial charge on any atom is -0.339 e. The summed E-state index contributed by atoms with van der Waals surface area (Å²) in [5, 5.41) is 22.2. The van der Waals surface area contributed by atoms with E-state index >= 15 is 0 Å². The molecule has 36 heavy (non-hydrogen) atoms. The zero-order chi connectivity index (χ0) is 25.6. The van der Waals surface area contributed by atoms with Crippen LogP contribution in [0.15, 0.2) is 55.6 Å². The number of nitriles is 1. The normalized spacial score (nSPS) is 11.0. The maximum atomic E-state index is 12.1. The monoisotopic (exact) mass is 476 g/mol. The molecule has 0 aliphatic heterocycles. The highest BCUT2D eigenvalue weighted by Gasteiger charge is 2.23.